The van der Waals surface area contributed by atoms with Crippen LogP contribution in [0, 0.1) is 5.92 Å². The maximum atomic E-state index is 12.6. The van der Waals surface area contributed by atoms with Crippen molar-refractivity contribution < 1.29 is 76.3 Å². The second-order valence-corrected chi connectivity index (χ2v) is 15.2. The number of nitrogens with one attached hydrogen (secondary N) is 1. The van der Waals surface area contributed by atoms with Crippen molar-refractivity contribution in [3.63, 3.8) is 0 Å². The molecule has 1 aliphatic carbocycles. The van der Waals surface area contributed by atoms with Gasteiger partial charge in [-0.2, -0.15) is 4.57 Å². The van der Waals surface area contributed by atoms with Crippen molar-refractivity contribution in [1.29, 1.82) is 0 Å². The van der Waals surface area contributed by atoms with Crippen LogP contribution >= 0.6 is 15.6 Å². The molecule has 3 aliphatic rings. The first kappa shape index (κ1) is 38.9. The number of carbonyl (C=O) groups excluding carboxylic acids is 2. The van der Waals surface area contributed by atoms with Gasteiger partial charge in [-0.05, 0) is 18.4 Å². The number of pyridine rings is 1. The summed E-state index contributed by atoms with van der Waals surface area (Å²) in [6.07, 6.45) is 1.14. The Morgan fingerprint density at radius 2 is 1.70 bits per heavy atom. The van der Waals surface area contributed by atoms with E-state index in [4.69, 9.17) is 19.7 Å². The number of aromatic nitrogens is 5. The van der Waals surface area contributed by atoms with Crippen LogP contribution in [-0.2, 0) is 36.8 Å². The fourth-order valence-corrected chi connectivity index (χ4v) is 7.86. The van der Waals surface area contributed by atoms with Crippen LogP contribution in [0.4, 0.5) is 5.82 Å². The molecule has 0 bridgehead atoms. The van der Waals surface area contributed by atoms with Crippen LogP contribution in [0.1, 0.15) is 35.7 Å². The molecule has 53 heavy (non-hydrogen) atoms. The lowest BCUT2D eigenvalue weighted by atomic mass is 10.1. The molecule has 0 radical (unpaired) electrons. The highest BCUT2D eigenvalue weighted by Crippen LogP contribution is 2.58. The van der Waals surface area contributed by atoms with Gasteiger partial charge in [-0.25, -0.2) is 23.8 Å². The number of amides is 2. The minimum atomic E-state index is -5.66. The lowest BCUT2D eigenvalue weighted by Crippen LogP contribution is -2.46. The van der Waals surface area contributed by atoms with E-state index in [1.54, 1.807) is 0 Å². The van der Waals surface area contributed by atoms with Crippen molar-refractivity contribution in [3.8, 4) is 0 Å². The molecule has 2 amide bonds. The molecule has 6 rings (SSSR count). The van der Waals surface area contributed by atoms with Gasteiger partial charge in [0.2, 0.25) is 5.91 Å². The Morgan fingerprint density at radius 3 is 2.43 bits per heavy atom. The van der Waals surface area contributed by atoms with E-state index in [1.165, 1.54) is 40.0 Å². The summed E-state index contributed by atoms with van der Waals surface area (Å²) < 4.78 is 52.2. The number of fused-ring (bicyclic) bond motifs is 1. The minimum absolute atomic E-state index is 0.0520. The van der Waals surface area contributed by atoms with Gasteiger partial charge >= 0.3 is 7.82 Å². The van der Waals surface area contributed by atoms with E-state index >= 15 is 0 Å². The fraction of sp³-hybridized carbons (Fsp3) is 0.448. The Kier molecular flexibility index (Phi) is 11.6. The molecule has 286 valence electrons. The zero-order valence-corrected chi connectivity index (χ0v) is 29.1. The third-order valence-electron chi connectivity index (χ3n) is 8.50. The van der Waals surface area contributed by atoms with E-state index in [2.05, 4.69) is 29.1 Å². The third-order valence-corrected chi connectivity index (χ3v) is 11.1. The van der Waals surface area contributed by atoms with Gasteiger partial charge in [0.05, 0.1) is 19.5 Å². The van der Waals surface area contributed by atoms with Crippen molar-refractivity contribution in [2.75, 3.05) is 18.5 Å². The molecule has 22 nitrogen and oxygen atoms in total. The van der Waals surface area contributed by atoms with E-state index in [0.29, 0.717) is 6.42 Å². The Morgan fingerprint density at radius 1 is 1.00 bits per heavy atom. The van der Waals surface area contributed by atoms with E-state index in [-0.39, 0.29) is 40.8 Å². The van der Waals surface area contributed by atoms with Gasteiger partial charge in [-0.15, -0.1) is 0 Å². The molecule has 0 aromatic carbocycles. The first-order chi connectivity index (χ1) is 25.1. The summed E-state index contributed by atoms with van der Waals surface area (Å²) >= 11 is 0. The predicted octanol–water partition coefficient (Wildman–Crippen LogP) is -1.77. The first-order valence-electron chi connectivity index (χ1n) is 15.9. The molecule has 0 saturated carbocycles. The van der Waals surface area contributed by atoms with Crippen LogP contribution in [0.5, 0.6) is 0 Å². The van der Waals surface area contributed by atoms with E-state index in [1.807, 2.05) is 24.3 Å². The molecule has 2 aliphatic heterocycles. The Bertz CT molecular complexity index is 1990. The average Bonchev–Trinajstić information content (AvgIpc) is 3.90. The van der Waals surface area contributed by atoms with Gasteiger partial charge in [-0.1, -0.05) is 24.3 Å². The summed E-state index contributed by atoms with van der Waals surface area (Å²) in [6, 6.07) is 2.81. The second-order valence-electron chi connectivity index (χ2n) is 12.2. The number of phosphoric acid groups is 2. The topological polar surface area (TPSA) is 324 Å². The van der Waals surface area contributed by atoms with Gasteiger partial charge in [-0.3, -0.25) is 23.2 Å². The van der Waals surface area contributed by atoms with Crippen molar-refractivity contribution in [1.82, 2.24) is 19.5 Å². The van der Waals surface area contributed by atoms with Crippen molar-refractivity contribution in [3.05, 3.63) is 67.0 Å². The molecule has 8 N–H and O–H groups in total. The number of aliphatic hydroxyl groups excluding tert-OH is 4. The van der Waals surface area contributed by atoms with Gasteiger partial charge in [0.1, 0.15) is 42.4 Å². The van der Waals surface area contributed by atoms with Gasteiger partial charge in [0, 0.05) is 12.5 Å². The smallest absolute Gasteiger partial charge is 0.478 e. The van der Waals surface area contributed by atoms with Gasteiger partial charge in [0.25, 0.3) is 20.0 Å². The number of allylic oxidation sites excluding steroid dienone is 4. The van der Waals surface area contributed by atoms with Crippen LogP contribution in [0.3, 0.4) is 0 Å². The number of imidazole rings is 1. The predicted molar refractivity (Wildman–Crippen MR) is 172 cm³/mol. The summed E-state index contributed by atoms with van der Waals surface area (Å²) in [5, 5.41) is 44.9. The number of ether oxygens (including phenoxy) is 2. The number of rotatable bonds is 15. The van der Waals surface area contributed by atoms with Crippen LogP contribution in [-0.4, -0.2) is 106 Å². The Balaban J connectivity index is 1.02. The first-order valence-corrected chi connectivity index (χ1v) is 18.9. The highest BCUT2D eigenvalue weighted by Gasteiger charge is 2.49. The molecular formula is C29H35N7O15P2. The van der Waals surface area contributed by atoms with Crippen LogP contribution in [0.25, 0.3) is 11.2 Å². The number of nitrogens with zero attached hydrogens (tertiary/aromatic N) is 5. The summed E-state index contributed by atoms with van der Waals surface area (Å²) in [5.41, 5.74) is 5.55. The lowest BCUT2D eigenvalue weighted by Gasteiger charge is -2.26. The van der Waals surface area contributed by atoms with E-state index in [9.17, 15) is 48.9 Å². The SMILES string of the molecule is NC(=O)c1ccc[n+]([C@@H]2O[C@H](COP(=O)([O-])OP(=O)(O)OC[C@H]3O[C@@H](n4cnc5c(NC(=O)CCC6C=CC=C6)ncnc54)[C@H](O)[C@@H]3O)[C@@H](O)[C@H]2O)c1. The summed E-state index contributed by atoms with van der Waals surface area (Å²) in [7, 11) is -11.2. The number of hydrogen-bond donors (Lipinski definition) is 7. The number of hydrogen-bond acceptors (Lipinski definition) is 17. The molecule has 24 heteroatoms. The molecule has 3 aromatic heterocycles. The van der Waals surface area contributed by atoms with E-state index in [0.717, 1.165) is 6.33 Å². The molecule has 0 spiro atoms. The monoisotopic (exact) mass is 783 g/mol. The van der Waals surface area contributed by atoms with Crippen LogP contribution in [0.2, 0.25) is 0 Å². The maximum Gasteiger partial charge on any atom is 0.478 e. The number of aliphatic hydroxyl groups is 4. The molecule has 5 heterocycles. The van der Waals surface area contributed by atoms with Gasteiger partial charge in [0.15, 0.2) is 41.7 Å². The van der Waals surface area contributed by atoms with Crippen molar-refractivity contribution in [2.24, 2.45) is 11.7 Å². The quantitative estimate of drug-likeness (QED) is 0.0662. The molecule has 10 atom stereocenters. The van der Waals surface area contributed by atoms with Crippen molar-refractivity contribution >= 4 is 44.4 Å². The number of carbonyl (C=O) groups is 2. The largest absolute Gasteiger partial charge is 0.756 e. The molecule has 3 aromatic rings. The molecule has 2 saturated heterocycles. The number of phosphoric ester groups is 2. The lowest BCUT2D eigenvalue weighted by molar-refractivity contribution is -0.765. The Hall–Kier alpha value is -3.86. The average molecular weight is 784 g/mol. The minimum Gasteiger partial charge on any atom is -0.756 e. The van der Waals surface area contributed by atoms with Crippen LogP contribution < -0.4 is 20.5 Å². The second kappa shape index (κ2) is 15.9. The fourth-order valence-electron chi connectivity index (χ4n) is 5.80. The molecule has 2 unspecified atom stereocenters. The van der Waals surface area contributed by atoms with E-state index < -0.39 is 83.8 Å². The van der Waals surface area contributed by atoms with Gasteiger partial charge < -0.3 is 55.3 Å². The zero-order chi connectivity index (χ0) is 38.1. The maximum absolute atomic E-state index is 12.6. The number of primary amides is 1. The highest BCUT2D eigenvalue weighted by molar-refractivity contribution is 7.60. The number of nitrogens with two attached hydrogens (primary N) is 1. The third kappa shape index (κ3) is 8.93. The zero-order valence-electron chi connectivity index (χ0n) is 27.3. The normalized spacial score (nSPS) is 29.4. The number of anilines is 1. The van der Waals surface area contributed by atoms with Crippen LogP contribution in [0.15, 0.2) is 61.5 Å². The standard InChI is InChI=1S/C29H35N7O15P2/c30-25(42)16-6-3-9-35(10-16)28-23(40)21(38)17(49-28)11-47-52(43,44)51-53(45,46)48-12-18-22(39)24(41)29(50-18)36-14-33-20-26(31-13-32-27(20)36)34-19(37)8-7-15-4-1-2-5-15/h1-6,9-10,13-15,17-18,21-24,28-29,38-41H,7-8,11-12H2,(H4-,30,31,32,34,37,42,43,44,45,46)/t17-,18-,21-,22-,23-,24-,28-,29-/m1/s1. The molecule has 2 fully saturated rings. The molecular weight excluding hydrogens is 748 g/mol. The Labute approximate surface area is 299 Å². The van der Waals surface area contributed by atoms with Crippen molar-refractivity contribution in [2.45, 2.75) is 61.9 Å². The highest BCUT2D eigenvalue weighted by atomic mass is 31.3. The summed E-state index contributed by atoms with van der Waals surface area (Å²) in [5.74, 6) is -0.859. The summed E-state index contributed by atoms with van der Waals surface area (Å²) in [4.78, 5) is 59.0. The summed E-state index contributed by atoms with van der Waals surface area (Å²) in [6.45, 7) is -1.94.